The van der Waals surface area contributed by atoms with Crippen LogP contribution in [0.1, 0.15) is 57.8 Å². The Labute approximate surface area is 196 Å². The summed E-state index contributed by atoms with van der Waals surface area (Å²) >= 11 is 0. The van der Waals surface area contributed by atoms with E-state index in [0.717, 1.165) is 25.9 Å². The zero-order chi connectivity index (χ0) is 24.4. The summed E-state index contributed by atoms with van der Waals surface area (Å²) in [6, 6.07) is 14.2. The van der Waals surface area contributed by atoms with Gasteiger partial charge >= 0.3 is 0 Å². The number of nitrogens with zero attached hydrogens (tertiary/aromatic N) is 1. The summed E-state index contributed by atoms with van der Waals surface area (Å²) in [6.45, 7) is 11.1. The Morgan fingerprint density at radius 1 is 0.818 bits per heavy atom. The first-order chi connectivity index (χ1) is 15.6. The number of anilines is 3. The molecule has 2 rings (SSSR count). The number of rotatable bonds is 10. The van der Waals surface area contributed by atoms with Gasteiger partial charge in [-0.15, -0.1) is 0 Å². The molecular formula is C26H36N4O3. The second-order valence-corrected chi connectivity index (χ2v) is 9.06. The lowest BCUT2D eigenvalue weighted by Gasteiger charge is -2.21. The van der Waals surface area contributed by atoms with Crippen LogP contribution in [0.4, 0.5) is 17.1 Å². The Kier molecular flexibility index (Phi) is 9.45. The van der Waals surface area contributed by atoms with E-state index in [2.05, 4.69) is 29.8 Å². The van der Waals surface area contributed by atoms with Crippen LogP contribution in [0, 0.1) is 5.41 Å². The molecule has 0 fully saturated rings. The smallest absolute Gasteiger partial charge is 0.253 e. The molecule has 2 aromatic carbocycles. The highest BCUT2D eigenvalue weighted by Gasteiger charge is 2.21. The summed E-state index contributed by atoms with van der Waals surface area (Å²) in [6.07, 6.45) is 1.82. The number of carbonyl (C=O) groups is 3. The summed E-state index contributed by atoms with van der Waals surface area (Å²) in [7, 11) is 0. The van der Waals surface area contributed by atoms with E-state index in [4.69, 9.17) is 0 Å². The van der Waals surface area contributed by atoms with Gasteiger partial charge in [-0.05, 0) is 49.2 Å². The van der Waals surface area contributed by atoms with Gasteiger partial charge in [-0.1, -0.05) is 46.8 Å². The maximum absolute atomic E-state index is 12.8. The maximum atomic E-state index is 12.8. The van der Waals surface area contributed by atoms with Gasteiger partial charge < -0.3 is 20.9 Å². The van der Waals surface area contributed by atoms with Gasteiger partial charge in [-0.2, -0.15) is 0 Å². The van der Waals surface area contributed by atoms with Crippen LogP contribution in [0.5, 0.6) is 0 Å². The van der Waals surface area contributed by atoms with E-state index in [1.165, 1.54) is 0 Å². The van der Waals surface area contributed by atoms with Crippen molar-refractivity contribution in [1.82, 2.24) is 4.90 Å². The first-order valence-electron chi connectivity index (χ1n) is 11.5. The van der Waals surface area contributed by atoms with Crippen molar-refractivity contribution >= 4 is 34.8 Å². The van der Waals surface area contributed by atoms with Gasteiger partial charge in [-0.25, -0.2) is 0 Å². The monoisotopic (exact) mass is 452 g/mol. The average Bonchev–Trinajstić information content (AvgIpc) is 2.77. The molecule has 0 aromatic heterocycles. The molecule has 0 unspecified atom stereocenters. The van der Waals surface area contributed by atoms with E-state index in [1.54, 1.807) is 36.4 Å². The topological polar surface area (TPSA) is 90.5 Å². The van der Waals surface area contributed by atoms with Crippen molar-refractivity contribution in [2.45, 2.75) is 47.5 Å². The minimum Gasteiger partial charge on any atom is -0.376 e. The van der Waals surface area contributed by atoms with Crippen molar-refractivity contribution in [2.75, 3.05) is 35.6 Å². The zero-order valence-corrected chi connectivity index (χ0v) is 20.3. The summed E-state index contributed by atoms with van der Waals surface area (Å²) < 4.78 is 0. The fourth-order valence-corrected chi connectivity index (χ4v) is 3.18. The highest BCUT2D eigenvalue weighted by molar-refractivity contribution is 5.98. The fraction of sp³-hybridized carbons (Fsp3) is 0.423. The Hall–Kier alpha value is -3.35. The van der Waals surface area contributed by atoms with E-state index >= 15 is 0 Å². The van der Waals surface area contributed by atoms with Crippen LogP contribution in [0.15, 0.2) is 48.5 Å². The minimum atomic E-state index is -0.511. The molecular weight excluding hydrogens is 416 g/mol. The summed E-state index contributed by atoms with van der Waals surface area (Å²) in [5.41, 5.74) is 2.01. The predicted octanol–water partition coefficient (Wildman–Crippen LogP) is 4.98. The van der Waals surface area contributed by atoms with Crippen molar-refractivity contribution in [3.63, 3.8) is 0 Å². The van der Waals surface area contributed by atoms with Crippen molar-refractivity contribution in [2.24, 2.45) is 5.41 Å². The van der Waals surface area contributed by atoms with E-state index in [-0.39, 0.29) is 24.3 Å². The van der Waals surface area contributed by atoms with E-state index < -0.39 is 5.41 Å². The molecule has 0 heterocycles. The summed E-state index contributed by atoms with van der Waals surface area (Å²) in [4.78, 5) is 39.3. The van der Waals surface area contributed by atoms with Crippen molar-refractivity contribution in [3.05, 3.63) is 54.1 Å². The summed E-state index contributed by atoms with van der Waals surface area (Å²) in [5.74, 6) is -0.330. The molecule has 0 spiro atoms. The van der Waals surface area contributed by atoms with Crippen molar-refractivity contribution < 1.29 is 14.4 Å². The van der Waals surface area contributed by atoms with Crippen LogP contribution < -0.4 is 16.0 Å². The van der Waals surface area contributed by atoms with E-state index in [0.29, 0.717) is 22.6 Å². The van der Waals surface area contributed by atoms with Crippen LogP contribution in [0.3, 0.4) is 0 Å². The zero-order valence-electron chi connectivity index (χ0n) is 20.3. The first-order valence-corrected chi connectivity index (χ1v) is 11.5. The standard InChI is InChI=1S/C26H36N4O3/c1-6-14-30(15-7-2)24(32)19-10-8-11-20(16-19)27-18-23(31)28-21-12-9-13-22(17-21)29-25(33)26(3,4)5/h8-13,16-17,27H,6-7,14-15,18H2,1-5H3,(H,28,31)(H,29,33). The van der Waals surface area contributed by atoms with Gasteiger partial charge in [0, 0.05) is 41.1 Å². The molecule has 0 saturated carbocycles. The molecule has 3 amide bonds. The molecule has 0 bridgehead atoms. The van der Waals surface area contributed by atoms with Gasteiger partial charge in [0.15, 0.2) is 0 Å². The molecule has 33 heavy (non-hydrogen) atoms. The number of carbonyl (C=O) groups excluding carboxylic acids is 3. The fourth-order valence-electron chi connectivity index (χ4n) is 3.18. The minimum absolute atomic E-state index is 0.000852. The second kappa shape index (κ2) is 12.0. The first kappa shape index (κ1) is 25.9. The lowest BCUT2D eigenvalue weighted by Crippen LogP contribution is -2.32. The van der Waals surface area contributed by atoms with Gasteiger partial charge in [0.2, 0.25) is 11.8 Å². The number of amides is 3. The second-order valence-electron chi connectivity index (χ2n) is 9.06. The number of hydrogen-bond acceptors (Lipinski definition) is 4. The van der Waals surface area contributed by atoms with E-state index in [9.17, 15) is 14.4 Å². The average molecular weight is 453 g/mol. The quantitative estimate of drug-likeness (QED) is 0.474. The summed E-state index contributed by atoms with van der Waals surface area (Å²) in [5, 5.41) is 8.76. The largest absolute Gasteiger partial charge is 0.376 e. The van der Waals surface area contributed by atoms with Gasteiger partial charge in [0.1, 0.15) is 0 Å². The molecule has 0 aliphatic heterocycles. The van der Waals surface area contributed by atoms with Crippen LogP contribution in [0.2, 0.25) is 0 Å². The van der Waals surface area contributed by atoms with Crippen LogP contribution >= 0.6 is 0 Å². The molecule has 0 saturated heterocycles. The van der Waals surface area contributed by atoms with Crippen LogP contribution in [-0.2, 0) is 9.59 Å². The van der Waals surface area contributed by atoms with Gasteiger partial charge in [-0.3, -0.25) is 14.4 Å². The van der Waals surface area contributed by atoms with Gasteiger partial charge in [0.25, 0.3) is 5.91 Å². The number of hydrogen-bond donors (Lipinski definition) is 3. The number of benzene rings is 2. The molecule has 0 radical (unpaired) electrons. The molecule has 0 atom stereocenters. The van der Waals surface area contributed by atoms with Crippen molar-refractivity contribution in [1.29, 1.82) is 0 Å². The van der Waals surface area contributed by atoms with Crippen molar-refractivity contribution in [3.8, 4) is 0 Å². The Morgan fingerprint density at radius 2 is 1.39 bits per heavy atom. The Balaban J connectivity index is 1.96. The SMILES string of the molecule is CCCN(CCC)C(=O)c1cccc(NCC(=O)Nc2cccc(NC(=O)C(C)(C)C)c2)c1. The normalized spacial score (nSPS) is 10.9. The third-order valence-electron chi connectivity index (χ3n) is 4.92. The number of nitrogens with one attached hydrogen (secondary N) is 3. The van der Waals surface area contributed by atoms with Crippen LogP contribution in [0.25, 0.3) is 0 Å². The molecule has 2 aromatic rings. The third kappa shape index (κ3) is 8.25. The third-order valence-corrected chi connectivity index (χ3v) is 4.92. The van der Waals surface area contributed by atoms with Crippen LogP contribution in [-0.4, -0.2) is 42.3 Å². The molecule has 7 nitrogen and oxygen atoms in total. The molecule has 0 aliphatic rings. The molecule has 3 N–H and O–H groups in total. The van der Waals surface area contributed by atoms with Gasteiger partial charge in [0.05, 0.1) is 6.54 Å². The highest BCUT2D eigenvalue weighted by atomic mass is 16.2. The maximum Gasteiger partial charge on any atom is 0.253 e. The molecule has 178 valence electrons. The Morgan fingerprint density at radius 3 is 2.00 bits per heavy atom. The lowest BCUT2D eigenvalue weighted by molar-refractivity contribution is -0.123. The lowest BCUT2D eigenvalue weighted by atomic mass is 9.95. The Bertz CT molecular complexity index is 960. The molecule has 0 aliphatic carbocycles. The predicted molar refractivity (Wildman–Crippen MR) is 135 cm³/mol. The highest BCUT2D eigenvalue weighted by Crippen LogP contribution is 2.20. The van der Waals surface area contributed by atoms with E-state index in [1.807, 2.05) is 37.8 Å². The molecule has 7 heteroatoms.